The molecule has 2 aromatic carbocycles. The Morgan fingerprint density at radius 3 is 2.31 bits per heavy atom. The highest BCUT2D eigenvalue weighted by Crippen LogP contribution is 2.30. The Bertz CT molecular complexity index is 1540. The molecule has 0 radical (unpaired) electrons. The molecule has 0 spiro atoms. The summed E-state index contributed by atoms with van der Waals surface area (Å²) in [5, 5.41) is 3.02. The van der Waals surface area contributed by atoms with Gasteiger partial charge in [0.05, 0.1) is 25.7 Å². The lowest BCUT2D eigenvalue weighted by Crippen LogP contribution is -2.12. The minimum atomic E-state index is -3.83. The molecule has 0 fully saturated rings. The molecular formula is C19H16N4O5S4. The summed E-state index contributed by atoms with van der Waals surface area (Å²) in [7, 11) is -7.19. The average Bonchev–Trinajstić information content (AvgIpc) is 3.29. The summed E-state index contributed by atoms with van der Waals surface area (Å²) in [6, 6.07) is 12.4. The fourth-order valence-corrected chi connectivity index (χ4v) is 6.51. The molecular weight excluding hydrogens is 493 g/mol. The zero-order valence-corrected chi connectivity index (χ0v) is 20.0. The standard InChI is InChI=1S/C19H16N4O5S4/c1-11-16(30-19(20-11)23-32(27,28)12-6-4-3-5-7-12)17(24)22-18-21-14-9-8-13(31(2,25)26)10-15(14)29-18/h3-10H,1-2H3,(H,20,23)(H,21,22,24). The second-order valence-corrected chi connectivity index (χ2v) is 12.5. The van der Waals surface area contributed by atoms with Gasteiger partial charge < -0.3 is 0 Å². The molecule has 0 atom stereocenters. The normalized spacial score (nSPS) is 12.1. The number of benzene rings is 2. The minimum Gasteiger partial charge on any atom is -0.297 e. The van der Waals surface area contributed by atoms with Gasteiger partial charge in [-0.15, -0.1) is 0 Å². The van der Waals surface area contributed by atoms with E-state index in [0.717, 1.165) is 28.9 Å². The molecule has 0 aliphatic carbocycles. The van der Waals surface area contributed by atoms with Crippen molar-refractivity contribution < 1.29 is 21.6 Å². The van der Waals surface area contributed by atoms with Crippen molar-refractivity contribution in [3.8, 4) is 0 Å². The molecule has 0 aliphatic heterocycles. The van der Waals surface area contributed by atoms with Gasteiger partial charge in [-0.2, -0.15) is 0 Å². The van der Waals surface area contributed by atoms with Crippen LogP contribution in [0.15, 0.2) is 58.3 Å². The number of carbonyl (C=O) groups is 1. The molecule has 32 heavy (non-hydrogen) atoms. The molecule has 1 amide bonds. The molecule has 2 heterocycles. The van der Waals surface area contributed by atoms with Crippen LogP contribution in [-0.2, 0) is 19.9 Å². The van der Waals surface area contributed by atoms with Crippen molar-refractivity contribution >= 4 is 68.9 Å². The Kier molecular flexibility index (Phi) is 5.75. The fraction of sp³-hybridized carbons (Fsp3) is 0.105. The molecule has 0 saturated heterocycles. The number of fused-ring (bicyclic) bond motifs is 1. The van der Waals surface area contributed by atoms with Gasteiger partial charge >= 0.3 is 0 Å². The Morgan fingerprint density at radius 1 is 0.906 bits per heavy atom. The summed E-state index contributed by atoms with van der Waals surface area (Å²) in [6.07, 6.45) is 1.12. The zero-order chi connectivity index (χ0) is 23.1. The molecule has 166 valence electrons. The van der Waals surface area contributed by atoms with E-state index in [0.29, 0.717) is 15.9 Å². The number of aromatic nitrogens is 2. The number of hydrogen-bond acceptors (Lipinski definition) is 9. The van der Waals surface area contributed by atoms with E-state index in [4.69, 9.17) is 0 Å². The van der Waals surface area contributed by atoms with Crippen LogP contribution in [0.3, 0.4) is 0 Å². The molecule has 0 bridgehead atoms. The minimum absolute atomic E-state index is 0.0681. The molecule has 2 N–H and O–H groups in total. The van der Waals surface area contributed by atoms with Gasteiger partial charge in [-0.25, -0.2) is 26.8 Å². The van der Waals surface area contributed by atoms with Crippen molar-refractivity contribution in [3.05, 3.63) is 59.1 Å². The van der Waals surface area contributed by atoms with Crippen LogP contribution in [0.2, 0.25) is 0 Å². The number of rotatable bonds is 6. The van der Waals surface area contributed by atoms with E-state index in [-0.39, 0.29) is 24.9 Å². The van der Waals surface area contributed by atoms with Gasteiger partial charge in [-0.05, 0) is 37.3 Å². The summed E-state index contributed by atoms with van der Waals surface area (Å²) >= 11 is 2.04. The predicted octanol–water partition coefficient (Wildman–Crippen LogP) is 3.52. The monoisotopic (exact) mass is 508 g/mol. The van der Waals surface area contributed by atoms with Crippen LogP contribution in [0.1, 0.15) is 15.4 Å². The van der Waals surface area contributed by atoms with Crippen molar-refractivity contribution in [1.29, 1.82) is 0 Å². The van der Waals surface area contributed by atoms with Gasteiger partial charge in [-0.1, -0.05) is 40.9 Å². The van der Waals surface area contributed by atoms with Crippen LogP contribution >= 0.6 is 22.7 Å². The molecule has 13 heteroatoms. The molecule has 0 unspecified atom stereocenters. The van der Waals surface area contributed by atoms with Gasteiger partial charge in [0.15, 0.2) is 20.1 Å². The third kappa shape index (κ3) is 4.65. The maximum atomic E-state index is 12.7. The number of sulfone groups is 1. The number of thiazole rings is 2. The van der Waals surface area contributed by atoms with Crippen molar-refractivity contribution in [1.82, 2.24) is 9.97 Å². The van der Waals surface area contributed by atoms with Crippen molar-refractivity contribution in [2.45, 2.75) is 16.7 Å². The molecule has 9 nitrogen and oxygen atoms in total. The zero-order valence-electron chi connectivity index (χ0n) is 16.7. The number of carbonyl (C=O) groups excluding carboxylic acids is 1. The summed E-state index contributed by atoms with van der Waals surface area (Å²) < 4.78 is 51.4. The smallest absolute Gasteiger partial charge is 0.269 e. The van der Waals surface area contributed by atoms with Crippen molar-refractivity contribution in [2.75, 3.05) is 16.3 Å². The van der Waals surface area contributed by atoms with Crippen LogP contribution in [0.25, 0.3) is 10.2 Å². The highest BCUT2D eigenvalue weighted by atomic mass is 32.2. The first-order chi connectivity index (χ1) is 15.0. The molecule has 0 aliphatic rings. The quantitative estimate of drug-likeness (QED) is 0.407. The van der Waals surface area contributed by atoms with Crippen LogP contribution in [-0.4, -0.2) is 39.0 Å². The van der Waals surface area contributed by atoms with Gasteiger partial charge in [0, 0.05) is 6.26 Å². The lowest BCUT2D eigenvalue weighted by atomic mass is 10.3. The summed E-state index contributed by atoms with van der Waals surface area (Å²) in [6.45, 7) is 1.60. The average molecular weight is 509 g/mol. The number of aryl methyl sites for hydroxylation is 1. The van der Waals surface area contributed by atoms with Gasteiger partial charge in [0.25, 0.3) is 15.9 Å². The van der Waals surface area contributed by atoms with Crippen LogP contribution in [0.4, 0.5) is 10.3 Å². The molecule has 2 aromatic heterocycles. The molecule has 4 aromatic rings. The van der Waals surface area contributed by atoms with Gasteiger partial charge in [0.2, 0.25) is 0 Å². The number of hydrogen-bond donors (Lipinski definition) is 2. The van der Waals surface area contributed by atoms with Crippen LogP contribution in [0, 0.1) is 6.92 Å². The third-order valence-electron chi connectivity index (χ3n) is 4.29. The first-order valence-electron chi connectivity index (χ1n) is 9.00. The Labute approximate surface area is 192 Å². The number of anilines is 2. The first kappa shape index (κ1) is 22.3. The molecule has 0 saturated carbocycles. The van der Waals surface area contributed by atoms with E-state index < -0.39 is 25.8 Å². The number of nitrogens with zero attached hydrogens (tertiary/aromatic N) is 2. The van der Waals surface area contributed by atoms with Crippen LogP contribution < -0.4 is 10.0 Å². The highest BCUT2D eigenvalue weighted by molar-refractivity contribution is 7.93. The third-order valence-corrected chi connectivity index (χ3v) is 8.89. The summed E-state index contributed by atoms with van der Waals surface area (Å²) in [5.74, 6) is -0.493. The lowest BCUT2D eigenvalue weighted by Gasteiger charge is -2.04. The predicted molar refractivity (Wildman–Crippen MR) is 125 cm³/mol. The number of amides is 1. The van der Waals surface area contributed by atoms with Crippen molar-refractivity contribution in [2.24, 2.45) is 0 Å². The summed E-state index contributed by atoms with van der Waals surface area (Å²) in [5.41, 5.74) is 0.911. The maximum Gasteiger partial charge on any atom is 0.269 e. The SMILES string of the molecule is Cc1nc(NS(=O)(=O)c2ccccc2)sc1C(=O)Nc1nc2ccc(S(C)(=O)=O)cc2s1. The molecule has 4 rings (SSSR count). The maximum absolute atomic E-state index is 12.7. The second-order valence-electron chi connectivity index (χ2n) is 6.73. The topological polar surface area (TPSA) is 135 Å². The number of nitrogens with one attached hydrogen (secondary N) is 2. The van der Waals surface area contributed by atoms with Gasteiger partial charge in [0.1, 0.15) is 4.88 Å². The largest absolute Gasteiger partial charge is 0.297 e. The van der Waals surface area contributed by atoms with E-state index in [1.807, 2.05) is 0 Å². The Hall–Kier alpha value is -2.87. The first-order valence-corrected chi connectivity index (χ1v) is 14.0. The van der Waals surface area contributed by atoms with E-state index in [9.17, 15) is 21.6 Å². The lowest BCUT2D eigenvalue weighted by molar-refractivity contribution is 0.103. The van der Waals surface area contributed by atoms with Crippen molar-refractivity contribution in [3.63, 3.8) is 0 Å². The summed E-state index contributed by atoms with van der Waals surface area (Å²) in [4.78, 5) is 21.7. The highest BCUT2D eigenvalue weighted by Gasteiger charge is 2.21. The van der Waals surface area contributed by atoms with Crippen LogP contribution in [0.5, 0.6) is 0 Å². The van der Waals surface area contributed by atoms with E-state index >= 15 is 0 Å². The van der Waals surface area contributed by atoms with E-state index in [1.165, 1.54) is 24.3 Å². The Balaban J connectivity index is 1.55. The van der Waals surface area contributed by atoms with E-state index in [2.05, 4.69) is 20.0 Å². The second kappa shape index (κ2) is 8.24. The van der Waals surface area contributed by atoms with Gasteiger partial charge in [-0.3, -0.25) is 14.8 Å². The fourth-order valence-electron chi connectivity index (χ4n) is 2.77. The Morgan fingerprint density at radius 2 is 1.62 bits per heavy atom. The van der Waals surface area contributed by atoms with E-state index in [1.54, 1.807) is 31.2 Å². The number of sulfonamides is 1.